The Balaban J connectivity index is 2.23. The van der Waals surface area contributed by atoms with E-state index in [1.54, 1.807) is 0 Å². The summed E-state index contributed by atoms with van der Waals surface area (Å²) in [5.41, 5.74) is 0.385. The molecule has 5 nitrogen and oxygen atoms in total. The van der Waals surface area contributed by atoms with Crippen molar-refractivity contribution in [2.75, 3.05) is 26.2 Å². The van der Waals surface area contributed by atoms with E-state index in [1.165, 1.54) is 16.4 Å². The summed E-state index contributed by atoms with van der Waals surface area (Å²) < 4.78 is 40.3. The van der Waals surface area contributed by atoms with Crippen molar-refractivity contribution < 1.29 is 17.9 Å². The van der Waals surface area contributed by atoms with Crippen molar-refractivity contribution in [1.29, 1.82) is 0 Å². The van der Waals surface area contributed by atoms with Gasteiger partial charge in [-0.2, -0.15) is 4.31 Å². The summed E-state index contributed by atoms with van der Waals surface area (Å²) in [4.78, 5) is 1.83. The van der Waals surface area contributed by atoms with Gasteiger partial charge in [0.25, 0.3) is 0 Å². The minimum atomic E-state index is -3.85. The largest absolute Gasteiger partial charge is 0.392 e. The van der Waals surface area contributed by atoms with Crippen LogP contribution in [0, 0.1) is 5.82 Å². The van der Waals surface area contributed by atoms with E-state index >= 15 is 0 Å². The summed E-state index contributed by atoms with van der Waals surface area (Å²) in [5.74, 6) is -0.779. The van der Waals surface area contributed by atoms with Crippen LogP contribution >= 0.6 is 0 Å². The molecule has 1 aliphatic heterocycles. The van der Waals surface area contributed by atoms with Gasteiger partial charge in [-0.05, 0) is 31.5 Å². The third-order valence-electron chi connectivity index (χ3n) is 3.80. The first-order valence-electron chi connectivity index (χ1n) is 6.99. The molecule has 0 aliphatic carbocycles. The highest BCUT2D eigenvalue weighted by molar-refractivity contribution is 7.89. The molecule has 1 fully saturated rings. The summed E-state index contributed by atoms with van der Waals surface area (Å²) in [6.45, 7) is 5.79. The van der Waals surface area contributed by atoms with Crippen molar-refractivity contribution >= 4 is 10.0 Å². The van der Waals surface area contributed by atoms with Crippen LogP contribution in [0.5, 0.6) is 0 Å². The lowest BCUT2D eigenvalue weighted by molar-refractivity contribution is 0.154. The van der Waals surface area contributed by atoms with Crippen LogP contribution in [-0.4, -0.2) is 55.0 Å². The van der Waals surface area contributed by atoms with Gasteiger partial charge in [0, 0.05) is 32.2 Å². The molecule has 1 saturated heterocycles. The number of hydrogen-bond acceptors (Lipinski definition) is 4. The van der Waals surface area contributed by atoms with Crippen molar-refractivity contribution in [2.24, 2.45) is 0 Å². The first kappa shape index (κ1) is 16.4. The normalized spacial score (nSPS) is 18.3. The molecule has 2 rings (SSSR count). The number of hydrogen-bond donors (Lipinski definition) is 1. The quantitative estimate of drug-likeness (QED) is 0.901. The van der Waals surface area contributed by atoms with E-state index in [2.05, 4.69) is 18.7 Å². The average Bonchev–Trinajstić information content (AvgIpc) is 2.47. The number of aliphatic hydroxyl groups is 1. The molecule has 0 saturated carbocycles. The lowest BCUT2D eigenvalue weighted by Crippen LogP contribution is -2.50. The molecule has 1 N–H and O–H groups in total. The van der Waals surface area contributed by atoms with Crippen molar-refractivity contribution in [3.63, 3.8) is 0 Å². The third-order valence-corrected chi connectivity index (χ3v) is 5.71. The van der Waals surface area contributed by atoms with Gasteiger partial charge in [0.15, 0.2) is 0 Å². The SMILES string of the molecule is CC(C)N1CCN(S(=O)(=O)c2cc(CO)ccc2F)CC1. The Hall–Kier alpha value is -1.02. The standard InChI is InChI=1S/C14H21FN2O3S/c1-11(2)16-5-7-17(8-6-16)21(19,20)14-9-12(10-18)3-4-13(14)15/h3-4,9,11,18H,5-8,10H2,1-2H3. The summed E-state index contributed by atoms with van der Waals surface area (Å²) in [5, 5.41) is 9.09. The van der Waals surface area contributed by atoms with Crippen LogP contribution in [0.3, 0.4) is 0 Å². The number of halogens is 1. The maximum atomic E-state index is 13.9. The zero-order chi connectivity index (χ0) is 15.6. The Morgan fingerprint density at radius 2 is 1.86 bits per heavy atom. The Morgan fingerprint density at radius 1 is 1.24 bits per heavy atom. The van der Waals surface area contributed by atoms with Crippen molar-refractivity contribution in [3.05, 3.63) is 29.6 Å². The maximum absolute atomic E-state index is 13.9. The molecule has 0 radical (unpaired) electrons. The molecule has 7 heteroatoms. The first-order valence-corrected chi connectivity index (χ1v) is 8.43. The Kier molecular flexibility index (Phi) is 4.98. The number of nitrogens with zero attached hydrogens (tertiary/aromatic N) is 2. The summed E-state index contributed by atoms with van der Waals surface area (Å²) in [6, 6.07) is 4.04. The lowest BCUT2D eigenvalue weighted by Gasteiger charge is -2.36. The van der Waals surface area contributed by atoms with Gasteiger partial charge in [0.05, 0.1) is 6.61 Å². The van der Waals surface area contributed by atoms with Crippen molar-refractivity contribution in [2.45, 2.75) is 31.4 Å². The fourth-order valence-corrected chi connectivity index (χ4v) is 3.98. The van der Waals surface area contributed by atoms with E-state index in [-0.39, 0.29) is 11.5 Å². The Bertz CT molecular complexity index is 596. The average molecular weight is 316 g/mol. The number of rotatable bonds is 4. The zero-order valence-electron chi connectivity index (χ0n) is 12.3. The van der Waals surface area contributed by atoms with Gasteiger partial charge in [-0.3, -0.25) is 4.90 Å². The highest BCUT2D eigenvalue weighted by Gasteiger charge is 2.31. The van der Waals surface area contributed by atoms with Crippen LogP contribution in [0.15, 0.2) is 23.1 Å². The summed E-state index contributed by atoms with van der Waals surface area (Å²) >= 11 is 0. The lowest BCUT2D eigenvalue weighted by atomic mass is 10.2. The van der Waals surface area contributed by atoms with Crippen LogP contribution < -0.4 is 0 Å². The monoisotopic (exact) mass is 316 g/mol. The first-order chi connectivity index (χ1) is 9.86. The van der Waals surface area contributed by atoms with Gasteiger partial charge >= 0.3 is 0 Å². The highest BCUT2D eigenvalue weighted by Crippen LogP contribution is 2.22. The van der Waals surface area contributed by atoms with Crippen LogP contribution in [0.25, 0.3) is 0 Å². The number of piperazine rings is 1. The van der Waals surface area contributed by atoms with E-state index in [4.69, 9.17) is 5.11 Å². The minimum absolute atomic E-state index is 0.316. The Labute approximate surface area is 125 Å². The second kappa shape index (κ2) is 6.39. The van der Waals surface area contributed by atoms with E-state index in [9.17, 15) is 12.8 Å². The fourth-order valence-electron chi connectivity index (χ4n) is 2.44. The van der Waals surface area contributed by atoms with E-state index in [0.29, 0.717) is 37.8 Å². The molecule has 0 aromatic heterocycles. The summed E-state index contributed by atoms with van der Waals surface area (Å²) in [7, 11) is -3.85. The van der Waals surface area contributed by atoms with Crippen LogP contribution in [0.4, 0.5) is 4.39 Å². The van der Waals surface area contributed by atoms with E-state index in [0.717, 1.165) is 6.07 Å². The number of aliphatic hydroxyl groups excluding tert-OH is 1. The Morgan fingerprint density at radius 3 is 2.38 bits per heavy atom. The van der Waals surface area contributed by atoms with Crippen molar-refractivity contribution in [3.8, 4) is 0 Å². The molecule has 0 spiro atoms. The van der Waals surface area contributed by atoms with E-state index < -0.39 is 15.8 Å². The predicted molar refractivity (Wildman–Crippen MR) is 77.8 cm³/mol. The molecular formula is C14H21FN2O3S. The maximum Gasteiger partial charge on any atom is 0.246 e. The molecule has 0 amide bonds. The molecule has 1 aromatic carbocycles. The van der Waals surface area contributed by atoms with Gasteiger partial charge in [0.1, 0.15) is 10.7 Å². The third kappa shape index (κ3) is 3.42. The van der Waals surface area contributed by atoms with Gasteiger partial charge in [-0.15, -0.1) is 0 Å². The van der Waals surface area contributed by atoms with Crippen LogP contribution in [0.2, 0.25) is 0 Å². The van der Waals surface area contributed by atoms with Crippen molar-refractivity contribution in [1.82, 2.24) is 9.21 Å². The second-order valence-corrected chi connectivity index (χ2v) is 7.36. The molecule has 0 bridgehead atoms. The number of benzene rings is 1. The molecule has 118 valence electrons. The summed E-state index contributed by atoms with van der Waals surface area (Å²) in [6.07, 6.45) is 0. The molecule has 1 aliphatic rings. The molecular weight excluding hydrogens is 295 g/mol. The fraction of sp³-hybridized carbons (Fsp3) is 0.571. The van der Waals surface area contributed by atoms with Gasteiger partial charge in [-0.25, -0.2) is 12.8 Å². The highest BCUT2D eigenvalue weighted by atomic mass is 32.2. The predicted octanol–water partition coefficient (Wildman–Crippen LogP) is 1.03. The smallest absolute Gasteiger partial charge is 0.246 e. The molecule has 1 heterocycles. The second-order valence-electron chi connectivity index (χ2n) is 5.46. The van der Waals surface area contributed by atoms with Crippen LogP contribution in [0.1, 0.15) is 19.4 Å². The van der Waals surface area contributed by atoms with E-state index in [1.807, 2.05) is 0 Å². The molecule has 21 heavy (non-hydrogen) atoms. The zero-order valence-corrected chi connectivity index (χ0v) is 13.1. The topological polar surface area (TPSA) is 60.9 Å². The minimum Gasteiger partial charge on any atom is -0.392 e. The molecule has 0 unspecified atom stereocenters. The van der Waals surface area contributed by atoms with Crippen LogP contribution in [-0.2, 0) is 16.6 Å². The molecule has 0 atom stereocenters. The number of sulfonamides is 1. The molecule has 1 aromatic rings. The van der Waals surface area contributed by atoms with Gasteiger partial charge < -0.3 is 5.11 Å². The van der Waals surface area contributed by atoms with Gasteiger partial charge in [-0.1, -0.05) is 6.07 Å². The van der Waals surface area contributed by atoms with Gasteiger partial charge in [0.2, 0.25) is 10.0 Å².